The monoisotopic (exact) mass is 344 g/mol. The van der Waals surface area contributed by atoms with Gasteiger partial charge in [-0.15, -0.1) is 0 Å². The smallest absolute Gasteiger partial charge is 0.274 e. The molecule has 2 aromatic heterocycles. The molecule has 1 unspecified atom stereocenters. The molecule has 25 heavy (non-hydrogen) atoms. The van der Waals surface area contributed by atoms with Crippen LogP contribution in [0.5, 0.6) is 0 Å². The van der Waals surface area contributed by atoms with Crippen LogP contribution >= 0.6 is 0 Å². The van der Waals surface area contributed by atoms with Crippen LogP contribution in [0.1, 0.15) is 21.9 Å². The molecular formula is C17H24N6O2. The molecule has 0 spiro atoms. The van der Waals surface area contributed by atoms with Gasteiger partial charge in [-0.05, 0) is 27.0 Å². The second kappa shape index (κ2) is 6.79. The van der Waals surface area contributed by atoms with Crippen molar-refractivity contribution in [1.82, 2.24) is 29.7 Å². The summed E-state index contributed by atoms with van der Waals surface area (Å²) < 4.78 is 1.68. The first kappa shape index (κ1) is 17.3. The summed E-state index contributed by atoms with van der Waals surface area (Å²) in [5.41, 5.74) is 2.84. The van der Waals surface area contributed by atoms with Gasteiger partial charge < -0.3 is 15.1 Å². The van der Waals surface area contributed by atoms with Crippen molar-refractivity contribution >= 4 is 17.5 Å². The molecule has 134 valence electrons. The third kappa shape index (κ3) is 3.48. The number of hydrogen-bond donors (Lipinski definition) is 1. The van der Waals surface area contributed by atoms with Gasteiger partial charge in [-0.2, -0.15) is 5.10 Å². The van der Waals surface area contributed by atoms with Gasteiger partial charge in [-0.25, -0.2) is 9.50 Å². The molecule has 0 radical (unpaired) electrons. The van der Waals surface area contributed by atoms with E-state index in [1.807, 2.05) is 27.0 Å². The molecule has 0 saturated carbocycles. The van der Waals surface area contributed by atoms with Crippen LogP contribution in [-0.4, -0.2) is 76.5 Å². The molecule has 0 bridgehead atoms. The summed E-state index contributed by atoms with van der Waals surface area (Å²) in [6, 6.07) is 3.64. The second-order valence-corrected chi connectivity index (χ2v) is 6.66. The van der Waals surface area contributed by atoms with Crippen LogP contribution in [0, 0.1) is 19.8 Å². The molecule has 2 amide bonds. The van der Waals surface area contributed by atoms with E-state index < -0.39 is 0 Å². The Kier molecular flexibility index (Phi) is 4.71. The molecule has 8 nitrogen and oxygen atoms in total. The van der Waals surface area contributed by atoms with Gasteiger partial charge in [0.15, 0.2) is 11.3 Å². The molecule has 1 fully saturated rings. The first-order chi connectivity index (χ1) is 11.9. The highest BCUT2D eigenvalue weighted by molar-refractivity contribution is 5.94. The van der Waals surface area contributed by atoms with Crippen LogP contribution in [0.15, 0.2) is 12.1 Å². The lowest BCUT2D eigenvalue weighted by atomic mass is 10.1. The molecule has 3 rings (SSSR count). The van der Waals surface area contributed by atoms with Crippen molar-refractivity contribution in [3.8, 4) is 0 Å². The average molecular weight is 344 g/mol. The predicted molar refractivity (Wildman–Crippen MR) is 93.4 cm³/mol. The lowest BCUT2D eigenvalue weighted by Crippen LogP contribution is -2.41. The van der Waals surface area contributed by atoms with Crippen molar-refractivity contribution in [2.75, 3.05) is 40.3 Å². The van der Waals surface area contributed by atoms with E-state index in [2.05, 4.69) is 20.3 Å². The Morgan fingerprint density at radius 3 is 2.68 bits per heavy atom. The first-order valence-corrected chi connectivity index (χ1v) is 8.42. The van der Waals surface area contributed by atoms with Crippen LogP contribution < -0.4 is 5.32 Å². The Morgan fingerprint density at radius 2 is 1.96 bits per heavy atom. The molecule has 1 atom stereocenters. The summed E-state index contributed by atoms with van der Waals surface area (Å²) in [5, 5.41) is 7.10. The molecule has 0 aliphatic carbocycles. The normalized spacial score (nSPS) is 19.0. The number of aromatic nitrogens is 3. The second-order valence-electron chi connectivity index (χ2n) is 6.66. The zero-order valence-corrected chi connectivity index (χ0v) is 15.1. The summed E-state index contributed by atoms with van der Waals surface area (Å²) in [6.07, 6.45) is 0. The highest BCUT2D eigenvalue weighted by Gasteiger charge is 2.30. The highest BCUT2D eigenvalue weighted by Crippen LogP contribution is 2.14. The van der Waals surface area contributed by atoms with Crippen molar-refractivity contribution in [3.63, 3.8) is 0 Å². The maximum atomic E-state index is 13.0. The van der Waals surface area contributed by atoms with E-state index in [0.29, 0.717) is 31.0 Å². The topological polar surface area (TPSA) is 82.8 Å². The lowest BCUT2D eigenvalue weighted by Gasteiger charge is -2.22. The third-order valence-corrected chi connectivity index (χ3v) is 4.58. The van der Waals surface area contributed by atoms with Crippen LogP contribution in [0.4, 0.5) is 0 Å². The fraction of sp³-hybridized carbons (Fsp3) is 0.529. The standard InChI is InChI=1S/C17H24N6O2/c1-11-7-12(2)23-15(19-11)8-14(20-23)17(25)22-6-5-21(4)9-13(10-22)16(24)18-3/h7-8,13H,5-6,9-10H2,1-4H3,(H,18,24). The number of fused-ring (bicyclic) bond motifs is 1. The zero-order valence-electron chi connectivity index (χ0n) is 15.1. The van der Waals surface area contributed by atoms with Crippen molar-refractivity contribution in [2.45, 2.75) is 13.8 Å². The number of amides is 2. The summed E-state index contributed by atoms with van der Waals surface area (Å²) in [5.74, 6) is -0.456. The maximum absolute atomic E-state index is 13.0. The summed E-state index contributed by atoms with van der Waals surface area (Å²) >= 11 is 0. The van der Waals surface area contributed by atoms with E-state index in [1.54, 1.807) is 22.5 Å². The fourth-order valence-electron chi connectivity index (χ4n) is 3.28. The van der Waals surface area contributed by atoms with Gasteiger partial charge in [-0.3, -0.25) is 9.59 Å². The molecule has 1 N–H and O–H groups in total. The summed E-state index contributed by atoms with van der Waals surface area (Å²) in [7, 11) is 3.59. The number of hydrogen-bond acceptors (Lipinski definition) is 5. The van der Waals surface area contributed by atoms with Crippen LogP contribution in [-0.2, 0) is 4.79 Å². The number of nitrogens with zero attached hydrogens (tertiary/aromatic N) is 5. The quantitative estimate of drug-likeness (QED) is 0.835. The van der Waals surface area contributed by atoms with E-state index >= 15 is 0 Å². The summed E-state index contributed by atoms with van der Waals surface area (Å²) in [6.45, 7) is 6.17. The highest BCUT2D eigenvalue weighted by atomic mass is 16.2. The zero-order chi connectivity index (χ0) is 18.1. The number of carbonyl (C=O) groups is 2. The van der Waals surface area contributed by atoms with E-state index in [1.165, 1.54) is 0 Å². The predicted octanol–water partition coefficient (Wildman–Crippen LogP) is 0.0959. The number of likely N-dealkylation sites (N-methyl/N-ethyl adjacent to an activating group) is 1. The fourth-order valence-corrected chi connectivity index (χ4v) is 3.28. The Balaban J connectivity index is 1.88. The van der Waals surface area contributed by atoms with E-state index in [-0.39, 0.29) is 17.7 Å². The van der Waals surface area contributed by atoms with Gasteiger partial charge >= 0.3 is 0 Å². The van der Waals surface area contributed by atoms with E-state index in [0.717, 1.165) is 17.9 Å². The van der Waals surface area contributed by atoms with Crippen LogP contribution in [0.3, 0.4) is 0 Å². The number of rotatable bonds is 2. The molecule has 1 saturated heterocycles. The number of aryl methyl sites for hydroxylation is 2. The molecule has 8 heteroatoms. The summed E-state index contributed by atoms with van der Waals surface area (Å²) in [4.78, 5) is 33.3. The Bertz CT molecular complexity index is 815. The third-order valence-electron chi connectivity index (χ3n) is 4.58. The van der Waals surface area contributed by atoms with Gasteiger partial charge in [0.1, 0.15) is 0 Å². The van der Waals surface area contributed by atoms with Crippen LogP contribution in [0.2, 0.25) is 0 Å². The van der Waals surface area contributed by atoms with Crippen LogP contribution in [0.25, 0.3) is 5.65 Å². The van der Waals surface area contributed by atoms with Gasteiger partial charge in [-0.1, -0.05) is 0 Å². The van der Waals surface area contributed by atoms with E-state index in [4.69, 9.17) is 0 Å². The molecule has 1 aliphatic heterocycles. The SMILES string of the molecule is CNC(=O)C1CN(C)CCN(C(=O)c2cc3nc(C)cc(C)n3n2)C1. The Morgan fingerprint density at radius 1 is 1.20 bits per heavy atom. The lowest BCUT2D eigenvalue weighted by molar-refractivity contribution is -0.125. The Hall–Kier alpha value is -2.48. The minimum Gasteiger partial charge on any atom is -0.359 e. The van der Waals surface area contributed by atoms with Crippen molar-refractivity contribution in [1.29, 1.82) is 0 Å². The minimum atomic E-state index is -0.249. The Labute approximate surface area is 146 Å². The van der Waals surface area contributed by atoms with Gasteiger partial charge in [0.25, 0.3) is 5.91 Å². The van der Waals surface area contributed by atoms with Crippen molar-refractivity contribution in [3.05, 3.63) is 29.2 Å². The van der Waals surface area contributed by atoms with Crippen molar-refractivity contribution in [2.24, 2.45) is 5.92 Å². The molecular weight excluding hydrogens is 320 g/mol. The van der Waals surface area contributed by atoms with Crippen molar-refractivity contribution < 1.29 is 9.59 Å². The van der Waals surface area contributed by atoms with E-state index in [9.17, 15) is 9.59 Å². The maximum Gasteiger partial charge on any atom is 0.274 e. The molecule has 3 heterocycles. The minimum absolute atomic E-state index is 0.0466. The number of carbonyl (C=O) groups excluding carboxylic acids is 2. The van der Waals surface area contributed by atoms with Gasteiger partial charge in [0, 0.05) is 50.7 Å². The molecule has 0 aromatic carbocycles. The molecule has 1 aliphatic rings. The van der Waals surface area contributed by atoms with Gasteiger partial charge in [0.2, 0.25) is 5.91 Å². The first-order valence-electron chi connectivity index (χ1n) is 8.42. The molecule has 2 aromatic rings. The average Bonchev–Trinajstić information content (AvgIpc) is 2.90. The largest absolute Gasteiger partial charge is 0.359 e. The van der Waals surface area contributed by atoms with Gasteiger partial charge in [0.05, 0.1) is 5.92 Å². The number of nitrogens with one attached hydrogen (secondary N) is 1.